The minimum Gasteiger partial charge on any atom is -0.469 e. The van der Waals surface area contributed by atoms with Gasteiger partial charge < -0.3 is 10.1 Å². The average Bonchev–Trinajstić information content (AvgIpc) is 2.12. The number of amides is 1. The van der Waals surface area contributed by atoms with Gasteiger partial charge in [-0.2, -0.15) is 0 Å². The molecule has 0 atom stereocenters. The number of hydrogen-bond acceptors (Lipinski definition) is 3. The van der Waals surface area contributed by atoms with Crippen molar-refractivity contribution in [2.24, 2.45) is 0 Å². The Morgan fingerprint density at radius 3 is 2.54 bits per heavy atom. The van der Waals surface area contributed by atoms with Crippen LogP contribution in [0.1, 0.15) is 32.6 Å². The maximum atomic E-state index is 10.9. The van der Waals surface area contributed by atoms with Crippen LogP contribution >= 0.6 is 0 Å². The third kappa shape index (κ3) is 7.31. The van der Waals surface area contributed by atoms with Gasteiger partial charge in [-0.1, -0.05) is 6.92 Å². The summed E-state index contributed by atoms with van der Waals surface area (Å²) < 4.78 is 4.45. The molecule has 4 nitrogen and oxygen atoms in total. The van der Waals surface area contributed by atoms with Gasteiger partial charge in [0.25, 0.3) is 0 Å². The quantitative estimate of drug-likeness (QED) is 0.495. The summed E-state index contributed by atoms with van der Waals surface area (Å²) in [6, 6.07) is 0. The van der Waals surface area contributed by atoms with Crippen molar-refractivity contribution >= 4 is 11.9 Å². The molecule has 1 N–H and O–H groups in total. The van der Waals surface area contributed by atoms with Gasteiger partial charge in [0.2, 0.25) is 5.91 Å². The highest BCUT2D eigenvalue weighted by molar-refractivity contribution is 5.75. The van der Waals surface area contributed by atoms with E-state index in [1.165, 1.54) is 7.11 Å². The fourth-order valence-electron chi connectivity index (χ4n) is 0.878. The Morgan fingerprint density at radius 1 is 1.31 bits per heavy atom. The molecule has 0 aromatic rings. The zero-order valence-corrected chi connectivity index (χ0v) is 8.26. The predicted octanol–water partition coefficient (Wildman–Crippen LogP) is 0.856. The molecule has 0 bridgehead atoms. The number of esters is 1. The first kappa shape index (κ1) is 11.9. The lowest BCUT2D eigenvalue weighted by Crippen LogP contribution is -2.24. The Morgan fingerprint density at radius 2 is 2.00 bits per heavy atom. The first-order valence-electron chi connectivity index (χ1n) is 4.54. The van der Waals surface area contributed by atoms with Crippen molar-refractivity contribution in [3.05, 3.63) is 0 Å². The minimum atomic E-state index is -0.232. The van der Waals surface area contributed by atoms with Gasteiger partial charge in [-0.25, -0.2) is 0 Å². The smallest absolute Gasteiger partial charge is 0.305 e. The summed E-state index contributed by atoms with van der Waals surface area (Å²) >= 11 is 0. The molecule has 0 rings (SSSR count). The number of carbonyl (C=O) groups excluding carboxylic acids is 2. The average molecular weight is 187 g/mol. The lowest BCUT2D eigenvalue weighted by molar-refractivity contribution is -0.140. The van der Waals surface area contributed by atoms with Crippen molar-refractivity contribution in [2.45, 2.75) is 32.6 Å². The van der Waals surface area contributed by atoms with Crippen LogP contribution in [0.5, 0.6) is 0 Å². The van der Waals surface area contributed by atoms with E-state index in [4.69, 9.17) is 0 Å². The fraction of sp³-hybridized carbons (Fsp3) is 0.778. The highest BCUT2D eigenvalue weighted by Gasteiger charge is 2.01. The van der Waals surface area contributed by atoms with Crippen LogP contribution in [0.3, 0.4) is 0 Å². The van der Waals surface area contributed by atoms with Crippen LogP contribution in [-0.2, 0) is 14.3 Å². The third-order valence-electron chi connectivity index (χ3n) is 1.58. The zero-order valence-electron chi connectivity index (χ0n) is 8.26. The van der Waals surface area contributed by atoms with Gasteiger partial charge in [0.05, 0.1) is 7.11 Å². The Labute approximate surface area is 78.6 Å². The van der Waals surface area contributed by atoms with Gasteiger partial charge in [0, 0.05) is 19.4 Å². The topological polar surface area (TPSA) is 55.4 Å². The van der Waals surface area contributed by atoms with E-state index in [-0.39, 0.29) is 11.9 Å². The maximum absolute atomic E-state index is 10.9. The molecule has 0 aliphatic carbocycles. The first-order chi connectivity index (χ1) is 6.20. The van der Waals surface area contributed by atoms with Gasteiger partial charge >= 0.3 is 5.97 Å². The Bertz CT molecular complexity index is 168. The number of rotatable bonds is 6. The van der Waals surface area contributed by atoms with Crippen LogP contribution in [0.4, 0.5) is 0 Å². The second-order valence-electron chi connectivity index (χ2n) is 2.78. The summed E-state index contributed by atoms with van der Waals surface area (Å²) in [6.07, 6.45) is 2.41. The summed E-state index contributed by atoms with van der Waals surface area (Å²) in [4.78, 5) is 21.6. The molecule has 0 saturated heterocycles. The summed E-state index contributed by atoms with van der Waals surface area (Å²) in [6.45, 7) is 2.50. The number of nitrogens with one attached hydrogen (secondary N) is 1. The van der Waals surface area contributed by atoms with Gasteiger partial charge in [-0.15, -0.1) is 0 Å². The van der Waals surface area contributed by atoms with Crippen LogP contribution in [0.25, 0.3) is 0 Å². The summed E-state index contributed by atoms with van der Waals surface area (Å²) in [7, 11) is 1.36. The second kappa shape index (κ2) is 7.58. The predicted molar refractivity (Wildman–Crippen MR) is 49.2 cm³/mol. The zero-order chi connectivity index (χ0) is 10.1. The van der Waals surface area contributed by atoms with E-state index in [1.807, 2.05) is 6.92 Å². The van der Waals surface area contributed by atoms with Crippen molar-refractivity contribution in [1.82, 2.24) is 5.32 Å². The number of carbonyl (C=O) groups is 2. The molecule has 0 heterocycles. The highest BCUT2D eigenvalue weighted by Crippen LogP contribution is 1.91. The molecule has 0 unspecified atom stereocenters. The van der Waals surface area contributed by atoms with Crippen LogP contribution in [0.2, 0.25) is 0 Å². The molecule has 0 aliphatic heterocycles. The number of hydrogen-bond donors (Lipinski definition) is 1. The van der Waals surface area contributed by atoms with Crippen LogP contribution in [-0.4, -0.2) is 25.5 Å². The Balaban J connectivity index is 3.25. The van der Waals surface area contributed by atoms with E-state index in [2.05, 4.69) is 10.1 Å². The molecular formula is C9H17NO3. The Hall–Kier alpha value is -1.06. The monoisotopic (exact) mass is 187 g/mol. The normalized spacial score (nSPS) is 9.38. The van der Waals surface area contributed by atoms with Crippen LogP contribution in [0.15, 0.2) is 0 Å². The van der Waals surface area contributed by atoms with Gasteiger partial charge in [-0.05, 0) is 12.8 Å². The van der Waals surface area contributed by atoms with E-state index in [0.29, 0.717) is 25.8 Å². The molecule has 13 heavy (non-hydrogen) atoms. The molecule has 0 spiro atoms. The molecule has 1 amide bonds. The second-order valence-corrected chi connectivity index (χ2v) is 2.78. The van der Waals surface area contributed by atoms with E-state index in [0.717, 1.165) is 6.42 Å². The van der Waals surface area contributed by atoms with Crippen LogP contribution in [0, 0.1) is 0 Å². The Kier molecular flexibility index (Phi) is 6.96. The first-order valence-corrected chi connectivity index (χ1v) is 4.54. The van der Waals surface area contributed by atoms with E-state index < -0.39 is 0 Å². The van der Waals surface area contributed by atoms with Gasteiger partial charge in [0.15, 0.2) is 0 Å². The van der Waals surface area contributed by atoms with Crippen molar-refractivity contribution in [3.63, 3.8) is 0 Å². The van der Waals surface area contributed by atoms with Crippen molar-refractivity contribution < 1.29 is 14.3 Å². The van der Waals surface area contributed by atoms with Crippen LogP contribution < -0.4 is 5.32 Å². The van der Waals surface area contributed by atoms with Crippen molar-refractivity contribution in [1.29, 1.82) is 0 Å². The van der Waals surface area contributed by atoms with E-state index >= 15 is 0 Å². The number of methoxy groups -OCH3 is 1. The van der Waals surface area contributed by atoms with E-state index in [9.17, 15) is 9.59 Å². The van der Waals surface area contributed by atoms with Crippen molar-refractivity contribution in [3.8, 4) is 0 Å². The third-order valence-corrected chi connectivity index (χ3v) is 1.58. The summed E-state index contributed by atoms with van der Waals surface area (Å²) in [5.74, 6) is -0.183. The summed E-state index contributed by atoms with van der Waals surface area (Å²) in [5, 5.41) is 2.72. The van der Waals surface area contributed by atoms with Gasteiger partial charge in [-0.3, -0.25) is 9.59 Å². The molecule has 76 valence electrons. The molecule has 4 heteroatoms. The standard InChI is InChI=1S/C9H17NO3/c1-3-5-8(11)10-7-4-6-9(12)13-2/h3-7H2,1-2H3,(H,10,11). The highest BCUT2D eigenvalue weighted by atomic mass is 16.5. The minimum absolute atomic E-state index is 0.0485. The van der Waals surface area contributed by atoms with Gasteiger partial charge in [0.1, 0.15) is 0 Å². The molecule has 0 aliphatic rings. The lowest BCUT2D eigenvalue weighted by Gasteiger charge is -2.02. The molecule has 0 aromatic heterocycles. The largest absolute Gasteiger partial charge is 0.469 e. The number of ether oxygens (including phenoxy) is 1. The fourth-order valence-corrected chi connectivity index (χ4v) is 0.878. The maximum Gasteiger partial charge on any atom is 0.305 e. The SMILES string of the molecule is CCCC(=O)NCCCC(=O)OC. The molecule has 0 radical (unpaired) electrons. The van der Waals surface area contributed by atoms with Crippen molar-refractivity contribution in [2.75, 3.05) is 13.7 Å². The molecular weight excluding hydrogens is 170 g/mol. The molecule has 0 fully saturated rings. The van der Waals surface area contributed by atoms with E-state index in [1.54, 1.807) is 0 Å². The molecule has 0 saturated carbocycles. The molecule has 0 aromatic carbocycles. The lowest BCUT2D eigenvalue weighted by atomic mass is 10.3. The summed E-state index contributed by atoms with van der Waals surface area (Å²) in [5.41, 5.74) is 0.